The number of nitrogens with one attached hydrogen (secondary N) is 3. The van der Waals surface area contributed by atoms with Crippen molar-refractivity contribution in [2.24, 2.45) is 0 Å². The Morgan fingerprint density at radius 1 is 1.33 bits per heavy atom. The lowest BCUT2D eigenvalue weighted by molar-refractivity contribution is 0.193. The monoisotopic (exact) mass is 365 g/mol. The molecular weight excluding hydrogens is 338 g/mol. The van der Waals surface area contributed by atoms with Crippen LogP contribution in [0.15, 0.2) is 24.4 Å². The van der Waals surface area contributed by atoms with Crippen molar-refractivity contribution in [3.63, 3.8) is 0 Å². The van der Waals surface area contributed by atoms with Crippen LogP contribution in [0.3, 0.4) is 0 Å². The maximum Gasteiger partial charge on any atom is 0.317 e. The molecule has 27 heavy (non-hydrogen) atoms. The second kappa shape index (κ2) is 7.10. The third kappa shape index (κ3) is 3.20. The fourth-order valence-corrected chi connectivity index (χ4v) is 4.41. The molecule has 0 aliphatic carbocycles. The highest BCUT2D eigenvalue weighted by Gasteiger charge is 2.32. The number of aryl methyl sites for hydroxylation is 3. The Kier molecular flexibility index (Phi) is 4.64. The molecule has 1 atom stereocenters. The number of aromatic amines is 2. The minimum absolute atomic E-state index is 0.0223. The third-order valence-electron chi connectivity index (χ3n) is 5.70. The molecule has 1 saturated heterocycles. The van der Waals surface area contributed by atoms with Gasteiger partial charge in [-0.25, -0.2) is 4.79 Å². The van der Waals surface area contributed by atoms with Crippen molar-refractivity contribution >= 4 is 16.9 Å². The van der Waals surface area contributed by atoms with Crippen LogP contribution in [0, 0.1) is 20.8 Å². The fraction of sp³-hybridized carbons (Fsp3) is 0.429. The number of amides is 2. The largest absolute Gasteiger partial charge is 0.361 e. The van der Waals surface area contributed by atoms with Gasteiger partial charge in [-0.1, -0.05) is 12.1 Å². The van der Waals surface area contributed by atoms with Crippen LogP contribution in [-0.2, 0) is 6.42 Å². The van der Waals surface area contributed by atoms with Gasteiger partial charge in [0.25, 0.3) is 0 Å². The molecule has 142 valence electrons. The van der Waals surface area contributed by atoms with E-state index in [-0.39, 0.29) is 12.1 Å². The number of urea groups is 1. The topological polar surface area (TPSA) is 76.8 Å². The zero-order valence-electron chi connectivity index (χ0n) is 16.2. The van der Waals surface area contributed by atoms with Gasteiger partial charge in [0.05, 0.1) is 11.7 Å². The SMILES string of the molecule is Cc1n[nH]c(C)c1C1CCCN1C(=O)NCCc1c[nH]c2cccc(C)c12. The summed E-state index contributed by atoms with van der Waals surface area (Å²) in [4.78, 5) is 18.1. The molecule has 1 aliphatic heterocycles. The van der Waals surface area contributed by atoms with Crippen LogP contribution in [0.2, 0.25) is 0 Å². The maximum atomic E-state index is 12.8. The van der Waals surface area contributed by atoms with E-state index in [1.807, 2.05) is 18.7 Å². The quantitative estimate of drug-likeness (QED) is 0.656. The Labute approximate surface area is 159 Å². The Morgan fingerprint density at radius 3 is 2.96 bits per heavy atom. The molecular formula is C21H27N5O. The van der Waals surface area contributed by atoms with E-state index >= 15 is 0 Å². The van der Waals surface area contributed by atoms with Gasteiger partial charge in [-0.05, 0) is 57.2 Å². The maximum absolute atomic E-state index is 12.8. The van der Waals surface area contributed by atoms with Gasteiger partial charge in [-0.15, -0.1) is 0 Å². The summed E-state index contributed by atoms with van der Waals surface area (Å²) in [6.45, 7) is 7.60. The van der Waals surface area contributed by atoms with Gasteiger partial charge in [0.1, 0.15) is 0 Å². The highest BCUT2D eigenvalue weighted by molar-refractivity contribution is 5.86. The summed E-state index contributed by atoms with van der Waals surface area (Å²) >= 11 is 0. The number of aromatic nitrogens is 3. The molecule has 3 heterocycles. The summed E-state index contributed by atoms with van der Waals surface area (Å²) in [5.74, 6) is 0. The van der Waals surface area contributed by atoms with Gasteiger partial charge >= 0.3 is 6.03 Å². The molecule has 1 aromatic carbocycles. The fourth-order valence-electron chi connectivity index (χ4n) is 4.41. The van der Waals surface area contributed by atoms with E-state index in [9.17, 15) is 4.79 Å². The number of nitrogens with zero attached hydrogens (tertiary/aromatic N) is 2. The first kappa shape index (κ1) is 17.6. The first-order valence-electron chi connectivity index (χ1n) is 9.67. The molecule has 6 nitrogen and oxygen atoms in total. The molecule has 0 spiro atoms. The second-order valence-electron chi connectivity index (χ2n) is 7.49. The number of carbonyl (C=O) groups is 1. The number of rotatable bonds is 4. The zero-order chi connectivity index (χ0) is 19.0. The zero-order valence-corrected chi connectivity index (χ0v) is 16.2. The average Bonchev–Trinajstić information content (AvgIpc) is 3.35. The lowest BCUT2D eigenvalue weighted by Crippen LogP contribution is -2.40. The summed E-state index contributed by atoms with van der Waals surface area (Å²) in [6, 6.07) is 6.43. The minimum Gasteiger partial charge on any atom is -0.361 e. The lowest BCUT2D eigenvalue weighted by atomic mass is 10.0. The van der Waals surface area contributed by atoms with Crippen molar-refractivity contribution in [2.45, 2.75) is 46.1 Å². The number of likely N-dealkylation sites (tertiary alicyclic amines) is 1. The van der Waals surface area contributed by atoms with Crippen molar-refractivity contribution in [2.75, 3.05) is 13.1 Å². The Hall–Kier alpha value is -2.76. The van der Waals surface area contributed by atoms with Crippen LogP contribution in [0.25, 0.3) is 10.9 Å². The molecule has 0 radical (unpaired) electrons. The first-order valence-corrected chi connectivity index (χ1v) is 9.67. The normalized spacial score (nSPS) is 17.0. The molecule has 2 aromatic heterocycles. The standard InChI is InChI=1S/C21H27N5O/c1-13-6-4-7-17-19(13)16(12-23-17)9-10-22-21(27)26-11-5-8-18(26)20-14(2)24-25-15(20)3/h4,6-7,12,18,23H,5,8-11H2,1-3H3,(H,22,27)(H,24,25). The van der Waals surface area contributed by atoms with Crippen LogP contribution in [-0.4, -0.2) is 39.2 Å². The molecule has 1 aliphatic rings. The van der Waals surface area contributed by atoms with Crippen molar-refractivity contribution in [1.29, 1.82) is 0 Å². The molecule has 6 heteroatoms. The van der Waals surface area contributed by atoms with E-state index in [2.05, 4.69) is 51.8 Å². The van der Waals surface area contributed by atoms with E-state index in [0.717, 1.165) is 42.7 Å². The van der Waals surface area contributed by atoms with Gasteiger partial charge in [0, 0.05) is 41.4 Å². The summed E-state index contributed by atoms with van der Waals surface area (Å²) in [5.41, 5.74) is 6.90. The molecule has 3 N–H and O–H groups in total. The van der Waals surface area contributed by atoms with E-state index in [4.69, 9.17) is 0 Å². The summed E-state index contributed by atoms with van der Waals surface area (Å²) in [7, 11) is 0. The smallest absolute Gasteiger partial charge is 0.317 e. The van der Waals surface area contributed by atoms with Crippen molar-refractivity contribution in [3.05, 3.63) is 52.5 Å². The number of carbonyl (C=O) groups excluding carboxylic acids is 1. The van der Waals surface area contributed by atoms with E-state index in [0.29, 0.717) is 6.54 Å². The van der Waals surface area contributed by atoms with E-state index in [1.54, 1.807) is 0 Å². The van der Waals surface area contributed by atoms with Crippen molar-refractivity contribution in [1.82, 2.24) is 25.4 Å². The summed E-state index contributed by atoms with van der Waals surface area (Å²) < 4.78 is 0. The predicted octanol–water partition coefficient (Wildman–Crippen LogP) is 3.91. The predicted molar refractivity (Wildman–Crippen MR) is 107 cm³/mol. The van der Waals surface area contributed by atoms with Crippen LogP contribution in [0.5, 0.6) is 0 Å². The molecule has 4 rings (SSSR count). The third-order valence-corrected chi connectivity index (χ3v) is 5.70. The highest BCUT2D eigenvalue weighted by atomic mass is 16.2. The lowest BCUT2D eigenvalue weighted by Gasteiger charge is -2.25. The van der Waals surface area contributed by atoms with Gasteiger partial charge in [0.15, 0.2) is 0 Å². The van der Waals surface area contributed by atoms with E-state index < -0.39 is 0 Å². The number of benzene rings is 1. The Balaban J connectivity index is 1.42. The number of hydrogen-bond donors (Lipinski definition) is 3. The van der Waals surface area contributed by atoms with Crippen LogP contribution in [0.4, 0.5) is 4.79 Å². The van der Waals surface area contributed by atoms with Crippen LogP contribution in [0.1, 0.15) is 47.0 Å². The summed E-state index contributed by atoms with van der Waals surface area (Å²) in [6.07, 6.45) is 4.90. The molecule has 2 amide bonds. The Morgan fingerprint density at radius 2 is 2.19 bits per heavy atom. The number of H-pyrrole nitrogens is 2. The van der Waals surface area contributed by atoms with Gasteiger partial charge < -0.3 is 15.2 Å². The first-order chi connectivity index (χ1) is 13.1. The molecule has 1 unspecified atom stereocenters. The number of hydrogen-bond acceptors (Lipinski definition) is 2. The minimum atomic E-state index is 0.0223. The molecule has 3 aromatic rings. The van der Waals surface area contributed by atoms with E-state index in [1.165, 1.54) is 22.1 Å². The Bertz CT molecular complexity index is 951. The second-order valence-corrected chi connectivity index (χ2v) is 7.49. The van der Waals surface area contributed by atoms with Crippen molar-refractivity contribution < 1.29 is 4.79 Å². The molecule has 0 saturated carbocycles. The summed E-state index contributed by atoms with van der Waals surface area (Å²) in [5, 5.41) is 11.7. The number of fused-ring (bicyclic) bond motifs is 1. The van der Waals surface area contributed by atoms with Crippen LogP contribution < -0.4 is 5.32 Å². The van der Waals surface area contributed by atoms with Gasteiger partial charge in [0.2, 0.25) is 0 Å². The molecule has 1 fully saturated rings. The highest BCUT2D eigenvalue weighted by Crippen LogP contribution is 2.34. The van der Waals surface area contributed by atoms with Crippen molar-refractivity contribution in [3.8, 4) is 0 Å². The molecule has 0 bridgehead atoms. The van der Waals surface area contributed by atoms with Gasteiger partial charge in [-0.2, -0.15) is 5.10 Å². The van der Waals surface area contributed by atoms with Crippen LogP contribution >= 0.6 is 0 Å². The average molecular weight is 365 g/mol. The van der Waals surface area contributed by atoms with Gasteiger partial charge in [-0.3, -0.25) is 5.10 Å².